The van der Waals surface area contributed by atoms with Crippen molar-refractivity contribution < 1.29 is 9.53 Å². The van der Waals surface area contributed by atoms with Crippen LogP contribution in [0.3, 0.4) is 0 Å². The molecule has 0 bridgehead atoms. The number of pyridine rings is 1. The van der Waals surface area contributed by atoms with Crippen molar-refractivity contribution >= 4 is 17.4 Å². The molecule has 0 aliphatic heterocycles. The monoisotopic (exact) mass is 389 g/mol. The van der Waals surface area contributed by atoms with Gasteiger partial charge in [0.15, 0.2) is 0 Å². The van der Waals surface area contributed by atoms with Crippen molar-refractivity contribution in [3.05, 3.63) is 83.6 Å². The molecular weight excluding hydrogens is 362 g/mol. The maximum absolute atomic E-state index is 12.5. The molecule has 2 aromatic carbocycles. The smallest absolute Gasteiger partial charge is 0.252 e. The van der Waals surface area contributed by atoms with Gasteiger partial charge in [-0.3, -0.25) is 4.79 Å². The number of hydrogen-bond acceptors (Lipinski definition) is 4. The number of methoxy groups -OCH3 is 1. The van der Waals surface area contributed by atoms with Crippen LogP contribution in [0.4, 0.5) is 11.5 Å². The van der Waals surface area contributed by atoms with Gasteiger partial charge in [0.1, 0.15) is 11.6 Å². The van der Waals surface area contributed by atoms with Gasteiger partial charge in [0, 0.05) is 25.0 Å². The number of amides is 1. The van der Waals surface area contributed by atoms with Crippen LogP contribution in [0.5, 0.6) is 5.75 Å². The Morgan fingerprint density at radius 2 is 1.93 bits per heavy atom. The first-order valence-corrected chi connectivity index (χ1v) is 9.82. The van der Waals surface area contributed by atoms with Gasteiger partial charge in [0.2, 0.25) is 0 Å². The van der Waals surface area contributed by atoms with Gasteiger partial charge < -0.3 is 15.0 Å². The van der Waals surface area contributed by atoms with Crippen molar-refractivity contribution in [1.29, 1.82) is 0 Å². The summed E-state index contributed by atoms with van der Waals surface area (Å²) in [5.74, 6) is 1.53. The number of aryl methyl sites for hydroxylation is 1. The Morgan fingerprint density at radius 3 is 2.62 bits per heavy atom. The molecule has 0 aliphatic carbocycles. The van der Waals surface area contributed by atoms with E-state index in [-0.39, 0.29) is 5.91 Å². The second-order valence-electron chi connectivity index (χ2n) is 6.81. The molecule has 3 aromatic rings. The molecule has 0 atom stereocenters. The Kier molecular flexibility index (Phi) is 6.85. The largest absolute Gasteiger partial charge is 0.496 e. The number of benzene rings is 2. The van der Waals surface area contributed by atoms with Crippen LogP contribution < -0.4 is 15.0 Å². The molecule has 5 heteroatoms. The topological polar surface area (TPSA) is 54.5 Å². The highest BCUT2D eigenvalue weighted by Gasteiger charge is 2.11. The van der Waals surface area contributed by atoms with E-state index < -0.39 is 0 Å². The predicted octanol–water partition coefficient (Wildman–Crippen LogP) is 4.53. The maximum Gasteiger partial charge on any atom is 0.252 e. The number of rotatable bonds is 8. The average molecular weight is 389 g/mol. The minimum atomic E-state index is -0.127. The number of carbonyl (C=O) groups excluding carboxylic acids is 1. The standard InChI is InChI=1S/C24H27N3O2/c1-4-27(21-10-7-8-18(2)16-21)23-13-12-20(17-26-23)24(28)25-15-14-19-9-5-6-11-22(19)29-3/h5-13,16-17H,4,14-15H2,1-3H3,(H,25,28). The summed E-state index contributed by atoms with van der Waals surface area (Å²) in [6.45, 7) is 5.48. The lowest BCUT2D eigenvalue weighted by atomic mass is 10.1. The fourth-order valence-corrected chi connectivity index (χ4v) is 3.28. The van der Waals surface area contributed by atoms with E-state index in [1.54, 1.807) is 13.3 Å². The van der Waals surface area contributed by atoms with Gasteiger partial charge in [0.25, 0.3) is 5.91 Å². The molecule has 1 heterocycles. The first-order chi connectivity index (χ1) is 14.1. The van der Waals surface area contributed by atoms with Crippen LogP contribution in [-0.2, 0) is 6.42 Å². The number of nitrogens with one attached hydrogen (secondary N) is 1. The molecule has 0 spiro atoms. The number of para-hydroxylation sites is 1. The molecule has 0 radical (unpaired) electrons. The highest BCUT2D eigenvalue weighted by molar-refractivity contribution is 5.94. The molecule has 150 valence electrons. The van der Waals surface area contributed by atoms with Crippen LogP contribution in [0, 0.1) is 6.92 Å². The molecule has 0 unspecified atom stereocenters. The summed E-state index contributed by atoms with van der Waals surface area (Å²) in [7, 11) is 1.65. The van der Waals surface area contributed by atoms with Gasteiger partial charge in [-0.05, 0) is 61.7 Å². The Bertz CT molecular complexity index is 954. The van der Waals surface area contributed by atoms with Crippen LogP contribution in [-0.4, -0.2) is 31.1 Å². The molecule has 3 rings (SSSR count). The van der Waals surface area contributed by atoms with Crippen molar-refractivity contribution in [2.75, 3.05) is 25.1 Å². The van der Waals surface area contributed by atoms with E-state index in [1.807, 2.05) is 42.5 Å². The van der Waals surface area contributed by atoms with E-state index in [9.17, 15) is 4.79 Å². The molecule has 0 fully saturated rings. The number of anilines is 2. The van der Waals surface area contributed by atoms with Crippen LogP contribution in [0.25, 0.3) is 0 Å². The summed E-state index contributed by atoms with van der Waals surface area (Å²) in [6.07, 6.45) is 2.34. The summed E-state index contributed by atoms with van der Waals surface area (Å²) in [5, 5.41) is 2.95. The lowest BCUT2D eigenvalue weighted by Crippen LogP contribution is -2.26. The summed E-state index contributed by atoms with van der Waals surface area (Å²) in [5.41, 5.74) is 3.91. The number of nitrogens with zero attached hydrogens (tertiary/aromatic N) is 2. The zero-order chi connectivity index (χ0) is 20.6. The molecule has 1 N–H and O–H groups in total. The third-order valence-electron chi connectivity index (χ3n) is 4.79. The van der Waals surface area contributed by atoms with Crippen LogP contribution in [0.1, 0.15) is 28.4 Å². The first-order valence-electron chi connectivity index (χ1n) is 9.82. The molecule has 5 nitrogen and oxygen atoms in total. The second kappa shape index (κ2) is 9.73. The minimum Gasteiger partial charge on any atom is -0.496 e. The van der Waals surface area contributed by atoms with Crippen molar-refractivity contribution in [2.24, 2.45) is 0 Å². The van der Waals surface area contributed by atoms with E-state index in [2.05, 4.69) is 47.2 Å². The maximum atomic E-state index is 12.5. The Balaban J connectivity index is 1.62. The Hall–Kier alpha value is -3.34. The highest BCUT2D eigenvalue weighted by Crippen LogP contribution is 2.24. The van der Waals surface area contributed by atoms with Crippen molar-refractivity contribution in [2.45, 2.75) is 20.3 Å². The van der Waals surface area contributed by atoms with Crippen LogP contribution in [0.2, 0.25) is 0 Å². The second-order valence-corrected chi connectivity index (χ2v) is 6.81. The average Bonchev–Trinajstić information content (AvgIpc) is 2.75. The fraction of sp³-hybridized carbons (Fsp3) is 0.250. The number of hydrogen-bond donors (Lipinski definition) is 1. The van der Waals surface area contributed by atoms with Crippen LogP contribution >= 0.6 is 0 Å². The van der Waals surface area contributed by atoms with Gasteiger partial charge in [-0.1, -0.05) is 30.3 Å². The summed E-state index contributed by atoms with van der Waals surface area (Å²) >= 11 is 0. The Labute approximate surface area is 172 Å². The van der Waals surface area contributed by atoms with Crippen molar-refractivity contribution in [3.63, 3.8) is 0 Å². The highest BCUT2D eigenvalue weighted by atomic mass is 16.5. The number of aromatic nitrogens is 1. The fourth-order valence-electron chi connectivity index (χ4n) is 3.28. The Morgan fingerprint density at radius 1 is 1.10 bits per heavy atom. The summed E-state index contributed by atoms with van der Waals surface area (Å²) in [6, 6.07) is 19.8. The molecule has 0 saturated heterocycles. The normalized spacial score (nSPS) is 10.4. The third kappa shape index (κ3) is 5.13. The van der Waals surface area contributed by atoms with Gasteiger partial charge in [0.05, 0.1) is 12.7 Å². The van der Waals surface area contributed by atoms with Gasteiger partial charge in [-0.25, -0.2) is 4.98 Å². The quantitative estimate of drug-likeness (QED) is 0.615. The summed E-state index contributed by atoms with van der Waals surface area (Å²) < 4.78 is 5.35. The van der Waals surface area contributed by atoms with E-state index in [0.717, 1.165) is 29.4 Å². The molecule has 0 saturated carbocycles. The minimum absolute atomic E-state index is 0.127. The molecule has 0 aliphatic rings. The number of carbonyl (C=O) groups is 1. The molecule has 1 amide bonds. The molecule has 1 aromatic heterocycles. The lowest BCUT2D eigenvalue weighted by Gasteiger charge is -2.22. The lowest BCUT2D eigenvalue weighted by molar-refractivity contribution is 0.0953. The molecular formula is C24H27N3O2. The van der Waals surface area contributed by atoms with Gasteiger partial charge in [-0.15, -0.1) is 0 Å². The zero-order valence-corrected chi connectivity index (χ0v) is 17.2. The van der Waals surface area contributed by atoms with E-state index in [0.29, 0.717) is 18.5 Å². The third-order valence-corrected chi connectivity index (χ3v) is 4.79. The van der Waals surface area contributed by atoms with E-state index in [1.165, 1.54) is 5.56 Å². The van der Waals surface area contributed by atoms with Crippen molar-refractivity contribution in [3.8, 4) is 5.75 Å². The van der Waals surface area contributed by atoms with Gasteiger partial charge in [-0.2, -0.15) is 0 Å². The first kappa shape index (κ1) is 20.4. The van der Waals surface area contributed by atoms with Crippen LogP contribution in [0.15, 0.2) is 66.9 Å². The van der Waals surface area contributed by atoms with Crippen molar-refractivity contribution in [1.82, 2.24) is 10.3 Å². The van der Waals surface area contributed by atoms with E-state index >= 15 is 0 Å². The summed E-state index contributed by atoms with van der Waals surface area (Å²) in [4.78, 5) is 19.1. The number of ether oxygens (including phenoxy) is 1. The molecule has 29 heavy (non-hydrogen) atoms. The van der Waals surface area contributed by atoms with Gasteiger partial charge >= 0.3 is 0 Å². The van der Waals surface area contributed by atoms with E-state index in [4.69, 9.17) is 4.74 Å². The SMILES string of the molecule is CCN(c1cccc(C)c1)c1ccc(C(=O)NCCc2ccccc2OC)cn1. The predicted molar refractivity (Wildman–Crippen MR) is 117 cm³/mol. The zero-order valence-electron chi connectivity index (χ0n) is 17.2.